The molecule has 0 aliphatic carbocycles. The summed E-state index contributed by atoms with van der Waals surface area (Å²) in [7, 11) is -3.60. The van der Waals surface area contributed by atoms with Crippen molar-refractivity contribution < 1.29 is 22.7 Å². The number of hydrogen-bond acceptors (Lipinski definition) is 6. The normalized spacial score (nSPS) is 18.3. The fourth-order valence-electron chi connectivity index (χ4n) is 3.33. The van der Waals surface area contributed by atoms with Crippen molar-refractivity contribution in [2.45, 2.75) is 18.7 Å². The van der Waals surface area contributed by atoms with Crippen molar-refractivity contribution in [3.8, 4) is 11.5 Å². The van der Waals surface area contributed by atoms with Crippen LogP contribution in [0.15, 0.2) is 23.1 Å². The first kappa shape index (κ1) is 19.9. The minimum Gasteiger partial charge on any atom is -0.486 e. The number of carbonyl (C=O) groups is 1. The molecule has 0 unspecified atom stereocenters. The van der Waals surface area contributed by atoms with Crippen molar-refractivity contribution in [2.24, 2.45) is 0 Å². The molecule has 2 aliphatic rings. The highest BCUT2D eigenvalue weighted by Gasteiger charge is 2.30. The number of hydrogen-bond donors (Lipinski definition) is 0. The van der Waals surface area contributed by atoms with E-state index in [0.717, 1.165) is 0 Å². The minimum absolute atomic E-state index is 0.0862. The molecule has 0 spiro atoms. The number of carbonyl (C=O) groups excluding carboxylic acids is 1. The molecule has 2 heterocycles. The van der Waals surface area contributed by atoms with Crippen LogP contribution in [-0.2, 0) is 14.8 Å². The molecule has 1 saturated heterocycles. The van der Waals surface area contributed by atoms with Gasteiger partial charge in [-0.2, -0.15) is 4.31 Å². The molecule has 0 radical (unpaired) electrons. The van der Waals surface area contributed by atoms with Gasteiger partial charge in [-0.3, -0.25) is 9.69 Å². The smallest absolute Gasteiger partial charge is 0.243 e. The number of sulfonamides is 1. The molecule has 27 heavy (non-hydrogen) atoms. The fourth-order valence-corrected chi connectivity index (χ4v) is 4.77. The van der Waals surface area contributed by atoms with Crippen molar-refractivity contribution in [1.29, 1.82) is 0 Å². The quantitative estimate of drug-likeness (QED) is 0.701. The second-order valence-electron chi connectivity index (χ2n) is 6.55. The molecule has 150 valence electrons. The summed E-state index contributed by atoms with van der Waals surface area (Å²) in [4.78, 5) is 16.2. The number of likely N-dealkylation sites (N-methyl/N-ethyl adjacent to an activating group) is 1. The van der Waals surface area contributed by atoms with E-state index in [1.165, 1.54) is 10.4 Å². The van der Waals surface area contributed by atoms with E-state index in [1.807, 2.05) is 18.7 Å². The predicted molar refractivity (Wildman–Crippen MR) is 101 cm³/mol. The second kappa shape index (κ2) is 8.45. The van der Waals surface area contributed by atoms with Gasteiger partial charge in [-0.1, -0.05) is 0 Å². The Bertz CT molecular complexity index is 771. The lowest BCUT2D eigenvalue weighted by atomic mass is 10.3. The maximum atomic E-state index is 12.9. The van der Waals surface area contributed by atoms with Gasteiger partial charge in [0.15, 0.2) is 11.5 Å². The third-order valence-electron chi connectivity index (χ3n) is 4.96. The van der Waals surface area contributed by atoms with E-state index in [0.29, 0.717) is 70.5 Å². The number of fused-ring (bicyclic) bond motifs is 1. The summed E-state index contributed by atoms with van der Waals surface area (Å²) < 4.78 is 38.3. The van der Waals surface area contributed by atoms with Gasteiger partial charge in [-0.05, 0) is 26.0 Å². The molecule has 1 fully saturated rings. The Balaban J connectivity index is 1.62. The predicted octanol–water partition coefficient (Wildman–Crippen LogP) is 0.633. The Kier molecular flexibility index (Phi) is 6.23. The largest absolute Gasteiger partial charge is 0.486 e. The molecule has 9 heteroatoms. The van der Waals surface area contributed by atoms with Crippen LogP contribution >= 0.6 is 0 Å². The molecule has 2 aliphatic heterocycles. The molecule has 0 atom stereocenters. The van der Waals surface area contributed by atoms with Crippen LogP contribution in [0.2, 0.25) is 0 Å². The molecule has 0 bridgehead atoms. The van der Waals surface area contributed by atoms with Crippen LogP contribution in [0.5, 0.6) is 11.5 Å². The third kappa shape index (κ3) is 4.36. The van der Waals surface area contributed by atoms with E-state index in [4.69, 9.17) is 9.47 Å². The Morgan fingerprint density at radius 2 is 1.67 bits per heavy atom. The molecule has 0 N–H and O–H groups in total. The lowest BCUT2D eigenvalue weighted by molar-refractivity contribution is -0.132. The summed E-state index contributed by atoms with van der Waals surface area (Å²) in [6.07, 6.45) is 0. The van der Waals surface area contributed by atoms with E-state index in [-0.39, 0.29) is 10.8 Å². The standard InChI is InChI=1S/C18H27N3O5S/c1-3-20(4-2)18(22)14-19-7-9-21(10-8-19)27(23,24)15-5-6-16-17(13-15)26-12-11-25-16/h5-6,13H,3-4,7-12,14H2,1-2H3. The van der Waals surface area contributed by atoms with Gasteiger partial charge in [-0.15, -0.1) is 0 Å². The minimum atomic E-state index is -3.60. The molecular formula is C18H27N3O5S. The molecule has 0 saturated carbocycles. The van der Waals surface area contributed by atoms with Crippen molar-refractivity contribution in [3.63, 3.8) is 0 Å². The first-order valence-electron chi connectivity index (χ1n) is 9.35. The Hall–Kier alpha value is -1.84. The monoisotopic (exact) mass is 397 g/mol. The molecule has 1 amide bonds. The average molecular weight is 397 g/mol. The summed E-state index contributed by atoms with van der Waals surface area (Å²) in [6, 6.07) is 4.72. The van der Waals surface area contributed by atoms with Crippen LogP contribution in [-0.4, -0.2) is 87.5 Å². The molecule has 1 aromatic rings. The van der Waals surface area contributed by atoms with E-state index in [2.05, 4.69) is 0 Å². The Morgan fingerprint density at radius 1 is 1.04 bits per heavy atom. The van der Waals surface area contributed by atoms with Crippen molar-refractivity contribution >= 4 is 15.9 Å². The van der Waals surface area contributed by atoms with Crippen LogP contribution in [0.3, 0.4) is 0 Å². The van der Waals surface area contributed by atoms with Crippen LogP contribution < -0.4 is 9.47 Å². The number of piperazine rings is 1. The van der Waals surface area contributed by atoms with E-state index in [9.17, 15) is 13.2 Å². The Morgan fingerprint density at radius 3 is 2.30 bits per heavy atom. The van der Waals surface area contributed by atoms with Gasteiger partial charge in [-0.25, -0.2) is 8.42 Å². The molecule has 0 aromatic heterocycles. The van der Waals surface area contributed by atoms with Gasteiger partial charge in [0, 0.05) is 45.3 Å². The molecular weight excluding hydrogens is 370 g/mol. The van der Waals surface area contributed by atoms with Gasteiger partial charge in [0.1, 0.15) is 13.2 Å². The number of rotatable bonds is 6. The maximum absolute atomic E-state index is 12.9. The molecule has 3 rings (SSSR count). The highest BCUT2D eigenvalue weighted by molar-refractivity contribution is 7.89. The summed E-state index contributed by atoms with van der Waals surface area (Å²) >= 11 is 0. The van der Waals surface area contributed by atoms with Crippen LogP contribution in [0.1, 0.15) is 13.8 Å². The zero-order valence-corrected chi connectivity index (χ0v) is 16.7. The van der Waals surface area contributed by atoms with Gasteiger partial charge in [0.05, 0.1) is 11.4 Å². The highest BCUT2D eigenvalue weighted by atomic mass is 32.2. The second-order valence-corrected chi connectivity index (χ2v) is 8.49. The number of nitrogens with zero attached hydrogens (tertiary/aromatic N) is 3. The summed E-state index contributed by atoms with van der Waals surface area (Å²) in [5, 5.41) is 0. The lowest BCUT2D eigenvalue weighted by Gasteiger charge is -2.34. The summed E-state index contributed by atoms with van der Waals surface area (Å²) in [5.41, 5.74) is 0. The summed E-state index contributed by atoms with van der Waals surface area (Å²) in [5.74, 6) is 1.12. The van der Waals surface area contributed by atoms with Crippen LogP contribution in [0.4, 0.5) is 0 Å². The zero-order chi connectivity index (χ0) is 19.4. The zero-order valence-electron chi connectivity index (χ0n) is 15.9. The average Bonchev–Trinajstić information content (AvgIpc) is 2.69. The SMILES string of the molecule is CCN(CC)C(=O)CN1CCN(S(=O)(=O)c2ccc3c(c2)OCCO3)CC1. The van der Waals surface area contributed by atoms with Gasteiger partial charge in [0.2, 0.25) is 15.9 Å². The van der Waals surface area contributed by atoms with E-state index >= 15 is 0 Å². The molecule has 8 nitrogen and oxygen atoms in total. The number of amides is 1. The lowest BCUT2D eigenvalue weighted by Crippen LogP contribution is -2.51. The van der Waals surface area contributed by atoms with Crippen molar-refractivity contribution in [2.75, 3.05) is 59.0 Å². The Labute approximate surface area is 160 Å². The van der Waals surface area contributed by atoms with Gasteiger partial charge in [0.25, 0.3) is 0 Å². The van der Waals surface area contributed by atoms with E-state index < -0.39 is 10.0 Å². The van der Waals surface area contributed by atoms with Gasteiger partial charge < -0.3 is 14.4 Å². The fraction of sp³-hybridized carbons (Fsp3) is 0.611. The first-order valence-corrected chi connectivity index (χ1v) is 10.8. The van der Waals surface area contributed by atoms with Crippen LogP contribution in [0, 0.1) is 0 Å². The summed E-state index contributed by atoms with van der Waals surface area (Å²) in [6.45, 7) is 8.31. The third-order valence-corrected chi connectivity index (χ3v) is 6.85. The van der Waals surface area contributed by atoms with E-state index in [1.54, 1.807) is 17.0 Å². The molecule has 1 aromatic carbocycles. The van der Waals surface area contributed by atoms with Gasteiger partial charge >= 0.3 is 0 Å². The van der Waals surface area contributed by atoms with Crippen LogP contribution in [0.25, 0.3) is 0 Å². The maximum Gasteiger partial charge on any atom is 0.243 e. The van der Waals surface area contributed by atoms with Crippen molar-refractivity contribution in [1.82, 2.24) is 14.1 Å². The number of ether oxygens (including phenoxy) is 2. The topological polar surface area (TPSA) is 79.4 Å². The highest BCUT2D eigenvalue weighted by Crippen LogP contribution is 2.33. The first-order chi connectivity index (χ1) is 13.0. The number of benzene rings is 1. The van der Waals surface area contributed by atoms with Crippen molar-refractivity contribution in [3.05, 3.63) is 18.2 Å².